The number of halogens is 1. The van der Waals surface area contributed by atoms with Crippen molar-refractivity contribution < 1.29 is 19.2 Å². The molecule has 0 bridgehead atoms. The highest BCUT2D eigenvalue weighted by molar-refractivity contribution is 6.30. The summed E-state index contributed by atoms with van der Waals surface area (Å²) in [5.41, 5.74) is 6.90. The molecule has 168 valence electrons. The van der Waals surface area contributed by atoms with Crippen LogP contribution >= 0.6 is 11.6 Å². The first-order valence-corrected chi connectivity index (χ1v) is 10.2. The van der Waals surface area contributed by atoms with E-state index in [-0.39, 0.29) is 25.7 Å². The fourth-order valence-corrected chi connectivity index (χ4v) is 3.18. The van der Waals surface area contributed by atoms with Gasteiger partial charge in [0.15, 0.2) is 0 Å². The summed E-state index contributed by atoms with van der Waals surface area (Å²) in [6.45, 7) is 6.02. The number of aromatic nitrogens is 4. The van der Waals surface area contributed by atoms with E-state index in [9.17, 15) is 9.59 Å². The summed E-state index contributed by atoms with van der Waals surface area (Å²) in [4.78, 5) is 30.9. The molecule has 11 nitrogen and oxygen atoms in total. The largest absolute Gasteiger partial charge is 0.374 e. The molecule has 1 aliphatic heterocycles. The lowest BCUT2D eigenvalue weighted by atomic mass is 10.1. The molecule has 0 saturated carbocycles. The Morgan fingerprint density at radius 2 is 2.19 bits per heavy atom. The van der Waals surface area contributed by atoms with Gasteiger partial charge in [-0.1, -0.05) is 11.6 Å². The minimum atomic E-state index is -0.938. The number of amides is 2. The quantitative estimate of drug-likeness (QED) is 0.624. The number of nitrogens with two attached hydrogens (primary N) is 1. The van der Waals surface area contributed by atoms with E-state index in [1.807, 2.05) is 20.8 Å². The lowest BCUT2D eigenvalue weighted by molar-refractivity contribution is -0.182. The van der Waals surface area contributed by atoms with E-state index in [2.05, 4.69) is 20.8 Å². The first-order valence-electron chi connectivity index (χ1n) is 9.81. The molecule has 1 aromatic carbocycles. The number of nitrogens with zero attached hydrogens (tertiary/aromatic N) is 5. The Balaban J connectivity index is 1.64. The summed E-state index contributed by atoms with van der Waals surface area (Å²) >= 11 is 6.11. The van der Waals surface area contributed by atoms with Crippen molar-refractivity contribution in [3.63, 3.8) is 0 Å². The average Bonchev–Trinajstić information content (AvgIpc) is 3.41. The molecule has 1 fully saturated rings. The number of hydroxylamine groups is 2. The van der Waals surface area contributed by atoms with Crippen molar-refractivity contribution in [3.8, 4) is 5.69 Å². The van der Waals surface area contributed by atoms with Crippen molar-refractivity contribution in [2.24, 2.45) is 5.73 Å². The number of nitrogens with one attached hydrogen (secondary N) is 1. The number of hydrogen-bond donors (Lipinski definition) is 2. The van der Waals surface area contributed by atoms with Crippen LogP contribution in [0.15, 0.2) is 24.5 Å². The van der Waals surface area contributed by atoms with Crippen LogP contribution in [0.1, 0.15) is 32.8 Å². The van der Waals surface area contributed by atoms with E-state index in [1.54, 1.807) is 18.2 Å². The molecular weight excluding hydrogens is 426 g/mol. The molecule has 31 heavy (non-hydrogen) atoms. The van der Waals surface area contributed by atoms with E-state index < -0.39 is 23.6 Å². The van der Waals surface area contributed by atoms with Crippen molar-refractivity contribution in [2.45, 2.75) is 51.4 Å². The van der Waals surface area contributed by atoms with E-state index in [0.717, 1.165) is 5.06 Å². The highest BCUT2D eigenvalue weighted by Gasteiger charge is 2.38. The van der Waals surface area contributed by atoms with E-state index in [4.69, 9.17) is 26.9 Å². The summed E-state index contributed by atoms with van der Waals surface area (Å²) < 4.78 is 7.05. The smallest absolute Gasteiger partial charge is 0.266 e. The van der Waals surface area contributed by atoms with E-state index >= 15 is 0 Å². The topological polar surface area (TPSA) is 137 Å². The van der Waals surface area contributed by atoms with Gasteiger partial charge in [0.2, 0.25) is 5.91 Å². The summed E-state index contributed by atoms with van der Waals surface area (Å²) in [7, 11) is 0. The van der Waals surface area contributed by atoms with Crippen LogP contribution in [0.4, 0.5) is 0 Å². The maximum absolute atomic E-state index is 12.8. The normalized spacial score (nSPS) is 17.6. The molecular formula is C19H26ClN7O4. The van der Waals surface area contributed by atoms with Crippen molar-refractivity contribution in [1.29, 1.82) is 0 Å². The number of carbonyl (C=O) groups excluding carboxylic acids is 2. The monoisotopic (exact) mass is 451 g/mol. The number of ether oxygens (including phenoxy) is 1. The third-order valence-electron chi connectivity index (χ3n) is 4.53. The zero-order valence-electron chi connectivity index (χ0n) is 17.6. The third-order valence-corrected chi connectivity index (χ3v) is 4.76. The molecule has 2 amide bonds. The number of hydrogen-bond acceptors (Lipinski definition) is 8. The Bertz CT molecular complexity index is 916. The molecule has 0 unspecified atom stereocenters. The average molecular weight is 452 g/mol. The molecule has 0 spiro atoms. The second-order valence-corrected chi connectivity index (χ2v) is 8.51. The molecule has 3 rings (SSSR count). The van der Waals surface area contributed by atoms with Crippen LogP contribution in [0.5, 0.6) is 0 Å². The first-order chi connectivity index (χ1) is 14.7. The Hall–Kier alpha value is -2.60. The van der Waals surface area contributed by atoms with E-state index in [1.165, 1.54) is 11.0 Å². The van der Waals surface area contributed by atoms with Gasteiger partial charge in [-0.05, 0) is 55.0 Å². The number of carbonyl (C=O) groups is 2. The highest BCUT2D eigenvalue weighted by atomic mass is 35.5. The molecule has 1 aliphatic rings. The van der Waals surface area contributed by atoms with Crippen LogP contribution in [0.3, 0.4) is 0 Å². The molecule has 0 aliphatic carbocycles. The molecule has 1 aromatic heterocycles. The van der Waals surface area contributed by atoms with Gasteiger partial charge in [-0.3, -0.25) is 14.4 Å². The zero-order chi connectivity index (χ0) is 22.6. The minimum absolute atomic E-state index is 0.0222. The Morgan fingerprint density at radius 1 is 1.42 bits per heavy atom. The summed E-state index contributed by atoms with van der Waals surface area (Å²) in [6.07, 6.45) is 1.81. The van der Waals surface area contributed by atoms with Gasteiger partial charge in [0.25, 0.3) is 5.91 Å². The van der Waals surface area contributed by atoms with Gasteiger partial charge >= 0.3 is 0 Å². The number of tetrazole rings is 1. The Kier molecular flexibility index (Phi) is 7.21. The Morgan fingerprint density at radius 3 is 2.87 bits per heavy atom. The molecule has 3 N–H and O–H groups in total. The maximum Gasteiger partial charge on any atom is 0.266 e. The fourth-order valence-electron chi connectivity index (χ4n) is 2.99. The van der Waals surface area contributed by atoms with Gasteiger partial charge < -0.3 is 15.8 Å². The summed E-state index contributed by atoms with van der Waals surface area (Å²) in [5.74, 6) is -0.864. The Labute approximate surface area is 184 Å². The molecule has 1 saturated heterocycles. The number of rotatable bonds is 7. The van der Waals surface area contributed by atoms with Crippen molar-refractivity contribution in [2.75, 3.05) is 13.2 Å². The minimum Gasteiger partial charge on any atom is -0.374 e. The van der Waals surface area contributed by atoms with Crippen LogP contribution < -0.4 is 11.1 Å². The summed E-state index contributed by atoms with van der Waals surface area (Å²) in [5, 5.41) is 15.5. The first kappa shape index (κ1) is 23.1. The molecule has 12 heteroatoms. The number of benzene rings is 1. The van der Waals surface area contributed by atoms with Crippen molar-refractivity contribution in [3.05, 3.63) is 35.1 Å². The van der Waals surface area contributed by atoms with Crippen LogP contribution in [-0.4, -0.2) is 68.0 Å². The van der Waals surface area contributed by atoms with Crippen LogP contribution in [0.25, 0.3) is 5.69 Å². The van der Waals surface area contributed by atoms with Gasteiger partial charge in [0, 0.05) is 18.0 Å². The standard InChI is InChI=1S/C19H26ClN7O4/c1-19(2,3)30-10-14(21)18(29)27-16(6-7-31-27)17(28)22-9-12-8-13(20)4-5-15(12)26-11-23-24-25-26/h4-5,8,11,14,16H,6-7,9-10,21H2,1-3H3,(H,22,28)/t14-,16+/m1/s1. The van der Waals surface area contributed by atoms with Crippen molar-refractivity contribution >= 4 is 23.4 Å². The highest BCUT2D eigenvalue weighted by Crippen LogP contribution is 2.20. The predicted molar refractivity (Wildman–Crippen MR) is 111 cm³/mol. The maximum atomic E-state index is 12.8. The van der Waals surface area contributed by atoms with E-state index in [0.29, 0.717) is 22.7 Å². The molecule has 2 atom stereocenters. The van der Waals surface area contributed by atoms with Gasteiger partial charge in [0.1, 0.15) is 18.4 Å². The SMILES string of the molecule is CC(C)(C)OC[C@@H](N)C(=O)N1OCC[C@H]1C(=O)NCc1cc(Cl)ccc1-n1cnnn1. The van der Waals surface area contributed by atoms with Gasteiger partial charge in [-0.2, -0.15) is 0 Å². The van der Waals surface area contributed by atoms with Crippen molar-refractivity contribution in [1.82, 2.24) is 30.6 Å². The fraction of sp³-hybridized carbons (Fsp3) is 0.526. The van der Waals surface area contributed by atoms with Crippen LogP contribution in [0.2, 0.25) is 5.02 Å². The van der Waals surface area contributed by atoms with Gasteiger partial charge in [-0.25, -0.2) is 9.75 Å². The predicted octanol–water partition coefficient (Wildman–Crippen LogP) is 0.607. The second kappa shape index (κ2) is 9.69. The third kappa shape index (κ3) is 5.97. The zero-order valence-corrected chi connectivity index (χ0v) is 18.4. The lowest BCUT2D eigenvalue weighted by Gasteiger charge is -2.27. The second-order valence-electron chi connectivity index (χ2n) is 8.08. The lowest BCUT2D eigenvalue weighted by Crippen LogP contribution is -2.52. The summed E-state index contributed by atoms with van der Waals surface area (Å²) in [6, 6.07) is 3.45. The van der Waals surface area contributed by atoms with Gasteiger partial charge in [-0.15, -0.1) is 5.10 Å². The van der Waals surface area contributed by atoms with Gasteiger partial charge in [0.05, 0.1) is 24.5 Å². The molecule has 2 aromatic rings. The molecule has 2 heterocycles. The van der Waals surface area contributed by atoms with Crippen LogP contribution in [0, 0.1) is 0 Å². The molecule has 0 radical (unpaired) electrons. The van der Waals surface area contributed by atoms with Crippen LogP contribution in [-0.2, 0) is 25.7 Å².